The first-order chi connectivity index (χ1) is 11.9. The number of hydrogen-bond donors (Lipinski definition) is 1. The van der Waals surface area contributed by atoms with E-state index in [9.17, 15) is 4.79 Å². The predicted octanol–water partition coefficient (Wildman–Crippen LogP) is 4.09. The van der Waals surface area contributed by atoms with Crippen molar-refractivity contribution < 1.29 is 14.3 Å². The fourth-order valence-electron chi connectivity index (χ4n) is 2.64. The number of rotatable bonds is 7. The zero-order valence-corrected chi connectivity index (χ0v) is 15.7. The standard InChI is InChI=1S/C21H27NO3/c1-6-24-19-10-8-7-9-18(19)13-22-21(23)17(5)25-20-12-14(2)11-15(3)16(20)4/h7-12,17H,6,13H2,1-5H3,(H,22,23)/t17-/m1/s1. The second-order valence-corrected chi connectivity index (χ2v) is 6.22. The summed E-state index contributed by atoms with van der Waals surface area (Å²) in [6.07, 6.45) is -0.570. The van der Waals surface area contributed by atoms with Gasteiger partial charge in [-0.1, -0.05) is 24.3 Å². The summed E-state index contributed by atoms with van der Waals surface area (Å²) in [4.78, 5) is 12.4. The number of carbonyl (C=O) groups excluding carboxylic acids is 1. The number of nitrogens with one attached hydrogen (secondary N) is 1. The van der Waals surface area contributed by atoms with Crippen LogP contribution in [0, 0.1) is 20.8 Å². The van der Waals surface area contributed by atoms with Gasteiger partial charge in [-0.25, -0.2) is 0 Å². The summed E-state index contributed by atoms with van der Waals surface area (Å²) >= 11 is 0. The molecule has 0 saturated carbocycles. The van der Waals surface area contributed by atoms with Gasteiger partial charge >= 0.3 is 0 Å². The van der Waals surface area contributed by atoms with E-state index in [4.69, 9.17) is 9.47 Å². The van der Waals surface area contributed by atoms with Crippen LogP contribution in [0.2, 0.25) is 0 Å². The van der Waals surface area contributed by atoms with Gasteiger partial charge in [0, 0.05) is 12.1 Å². The van der Waals surface area contributed by atoms with Crippen LogP contribution in [0.15, 0.2) is 36.4 Å². The number of hydrogen-bond acceptors (Lipinski definition) is 3. The van der Waals surface area contributed by atoms with Crippen molar-refractivity contribution in [1.29, 1.82) is 0 Å². The molecule has 0 fully saturated rings. The number of para-hydroxylation sites is 1. The summed E-state index contributed by atoms with van der Waals surface area (Å²) < 4.78 is 11.5. The SMILES string of the molecule is CCOc1ccccc1CNC(=O)[C@@H](C)Oc1cc(C)cc(C)c1C. The highest BCUT2D eigenvalue weighted by atomic mass is 16.5. The Labute approximate surface area is 150 Å². The summed E-state index contributed by atoms with van der Waals surface area (Å²) in [5.74, 6) is 1.41. The maximum Gasteiger partial charge on any atom is 0.261 e. The van der Waals surface area contributed by atoms with Crippen LogP contribution in [0.5, 0.6) is 11.5 Å². The smallest absolute Gasteiger partial charge is 0.261 e. The topological polar surface area (TPSA) is 47.6 Å². The van der Waals surface area contributed by atoms with Crippen LogP contribution in [0.25, 0.3) is 0 Å². The minimum absolute atomic E-state index is 0.148. The molecule has 0 aliphatic rings. The first-order valence-electron chi connectivity index (χ1n) is 8.65. The summed E-state index contributed by atoms with van der Waals surface area (Å²) in [7, 11) is 0. The maximum absolute atomic E-state index is 12.4. The lowest BCUT2D eigenvalue weighted by atomic mass is 10.1. The van der Waals surface area contributed by atoms with Crippen LogP contribution < -0.4 is 14.8 Å². The molecule has 4 heteroatoms. The average Bonchev–Trinajstić information content (AvgIpc) is 2.58. The molecule has 4 nitrogen and oxygen atoms in total. The molecule has 0 aliphatic heterocycles. The van der Waals surface area contributed by atoms with Crippen LogP contribution >= 0.6 is 0 Å². The first kappa shape index (κ1) is 18.8. The molecule has 1 atom stereocenters. The van der Waals surface area contributed by atoms with Gasteiger partial charge in [0.1, 0.15) is 11.5 Å². The fraction of sp³-hybridized carbons (Fsp3) is 0.381. The predicted molar refractivity (Wildman–Crippen MR) is 100 cm³/mol. The van der Waals surface area contributed by atoms with E-state index in [1.807, 2.05) is 58.0 Å². The summed E-state index contributed by atoms with van der Waals surface area (Å²) in [5.41, 5.74) is 4.30. The van der Waals surface area contributed by atoms with Gasteiger partial charge in [-0.2, -0.15) is 0 Å². The van der Waals surface area contributed by atoms with E-state index in [0.29, 0.717) is 13.2 Å². The summed E-state index contributed by atoms with van der Waals surface area (Å²) in [6.45, 7) is 10.8. The van der Waals surface area contributed by atoms with Crippen molar-refractivity contribution in [3.05, 3.63) is 58.7 Å². The minimum atomic E-state index is -0.570. The van der Waals surface area contributed by atoms with E-state index in [2.05, 4.69) is 11.4 Å². The maximum atomic E-state index is 12.4. The van der Waals surface area contributed by atoms with Gasteiger partial charge < -0.3 is 14.8 Å². The Morgan fingerprint density at radius 2 is 1.84 bits per heavy atom. The van der Waals surface area contributed by atoms with Gasteiger partial charge in [0.25, 0.3) is 5.91 Å². The van der Waals surface area contributed by atoms with Crippen LogP contribution in [0.4, 0.5) is 0 Å². The molecule has 0 heterocycles. The van der Waals surface area contributed by atoms with Gasteiger partial charge in [0.05, 0.1) is 6.61 Å². The normalized spacial score (nSPS) is 11.7. The Kier molecular flexibility index (Phi) is 6.45. The average molecular weight is 341 g/mol. The third kappa shape index (κ3) is 4.99. The van der Waals surface area contributed by atoms with E-state index < -0.39 is 6.10 Å². The molecule has 0 aromatic heterocycles. The molecule has 0 unspecified atom stereocenters. The molecule has 134 valence electrons. The second kappa shape index (κ2) is 8.56. The van der Waals surface area contributed by atoms with Gasteiger partial charge in [0.2, 0.25) is 0 Å². The Hall–Kier alpha value is -2.49. The monoisotopic (exact) mass is 341 g/mol. The van der Waals surface area contributed by atoms with E-state index in [-0.39, 0.29) is 5.91 Å². The fourth-order valence-corrected chi connectivity index (χ4v) is 2.64. The molecule has 0 radical (unpaired) electrons. The third-order valence-electron chi connectivity index (χ3n) is 4.16. The van der Waals surface area contributed by atoms with Gasteiger partial charge in [-0.05, 0) is 63.4 Å². The Morgan fingerprint density at radius 3 is 2.56 bits per heavy atom. The van der Waals surface area contributed by atoms with E-state index in [0.717, 1.165) is 33.8 Å². The van der Waals surface area contributed by atoms with Crippen LogP contribution in [-0.4, -0.2) is 18.6 Å². The molecule has 25 heavy (non-hydrogen) atoms. The third-order valence-corrected chi connectivity index (χ3v) is 4.16. The van der Waals surface area contributed by atoms with Gasteiger partial charge in [-0.15, -0.1) is 0 Å². The van der Waals surface area contributed by atoms with E-state index >= 15 is 0 Å². The lowest BCUT2D eigenvalue weighted by Gasteiger charge is -2.18. The highest BCUT2D eigenvalue weighted by Crippen LogP contribution is 2.24. The lowest BCUT2D eigenvalue weighted by molar-refractivity contribution is -0.127. The minimum Gasteiger partial charge on any atom is -0.494 e. The first-order valence-corrected chi connectivity index (χ1v) is 8.65. The van der Waals surface area contributed by atoms with Crippen LogP contribution in [0.1, 0.15) is 36.1 Å². The second-order valence-electron chi connectivity index (χ2n) is 6.22. The number of carbonyl (C=O) groups is 1. The number of ether oxygens (including phenoxy) is 2. The molecular formula is C21H27NO3. The molecule has 1 N–H and O–H groups in total. The number of aryl methyl sites for hydroxylation is 2. The highest BCUT2D eigenvalue weighted by molar-refractivity contribution is 5.80. The Bertz CT molecular complexity index is 740. The Balaban J connectivity index is 2.00. The van der Waals surface area contributed by atoms with Crippen LogP contribution in [-0.2, 0) is 11.3 Å². The number of amides is 1. The molecule has 2 aromatic carbocycles. The molecule has 0 spiro atoms. The van der Waals surface area contributed by atoms with Crippen molar-refractivity contribution in [2.45, 2.75) is 47.3 Å². The molecule has 0 aliphatic carbocycles. The summed E-state index contributed by atoms with van der Waals surface area (Å²) in [6, 6.07) is 11.8. The molecule has 0 bridgehead atoms. The highest BCUT2D eigenvalue weighted by Gasteiger charge is 2.17. The van der Waals surface area contributed by atoms with Gasteiger partial charge in [0.15, 0.2) is 6.10 Å². The van der Waals surface area contributed by atoms with Crippen molar-refractivity contribution in [2.24, 2.45) is 0 Å². The molecule has 1 amide bonds. The van der Waals surface area contributed by atoms with Crippen molar-refractivity contribution in [3.8, 4) is 11.5 Å². The van der Waals surface area contributed by atoms with Crippen molar-refractivity contribution in [3.63, 3.8) is 0 Å². The Morgan fingerprint density at radius 1 is 1.12 bits per heavy atom. The lowest BCUT2D eigenvalue weighted by Crippen LogP contribution is -2.36. The summed E-state index contributed by atoms with van der Waals surface area (Å²) in [5, 5.41) is 2.92. The van der Waals surface area contributed by atoms with Crippen molar-refractivity contribution >= 4 is 5.91 Å². The molecule has 2 rings (SSSR count). The van der Waals surface area contributed by atoms with Crippen molar-refractivity contribution in [1.82, 2.24) is 5.32 Å². The largest absolute Gasteiger partial charge is 0.494 e. The van der Waals surface area contributed by atoms with Crippen molar-refractivity contribution in [2.75, 3.05) is 6.61 Å². The molecular weight excluding hydrogens is 314 g/mol. The molecule has 0 saturated heterocycles. The van der Waals surface area contributed by atoms with E-state index in [1.54, 1.807) is 6.92 Å². The zero-order chi connectivity index (χ0) is 18.4. The number of benzene rings is 2. The molecule has 2 aromatic rings. The quantitative estimate of drug-likeness (QED) is 0.825. The zero-order valence-electron chi connectivity index (χ0n) is 15.7. The van der Waals surface area contributed by atoms with Gasteiger partial charge in [-0.3, -0.25) is 4.79 Å². The van der Waals surface area contributed by atoms with E-state index in [1.165, 1.54) is 0 Å². The van der Waals surface area contributed by atoms with Crippen LogP contribution in [0.3, 0.4) is 0 Å².